The van der Waals surface area contributed by atoms with Crippen molar-refractivity contribution in [3.8, 4) is 0 Å². The molecule has 0 rings (SSSR count). The Labute approximate surface area is 65.4 Å². The van der Waals surface area contributed by atoms with Gasteiger partial charge in [-0.2, -0.15) is 0 Å². The van der Waals surface area contributed by atoms with Crippen molar-refractivity contribution < 1.29 is 14.7 Å². The molecular weight excluding hydrogens is 146 g/mol. The van der Waals surface area contributed by atoms with Gasteiger partial charge in [-0.1, -0.05) is 0 Å². The molecule has 0 fully saturated rings. The van der Waals surface area contributed by atoms with Gasteiger partial charge in [0.25, 0.3) is 0 Å². The molecule has 0 saturated carbocycles. The molecule has 0 spiro atoms. The average molecular weight is 159 g/mol. The Hall–Kier alpha value is -0.900. The first-order valence-corrected chi connectivity index (χ1v) is 3.60. The van der Waals surface area contributed by atoms with Gasteiger partial charge in [-0.3, -0.25) is 9.59 Å². The first kappa shape index (κ1) is 10.1. The lowest BCUT2D eigenvalue weighted by Crippen LogP contribution is -2.12. The lowest BCUT2D eigenvalue weighted by Gasteiger charge is -1.95. The van der Waals surface area contributed by atoms with Crippen LogP contribution in [0.3, 0.4) is 0 Å². The molecule has 0 unspecified atom stereocenters. The molecule has 0 bridgehead atoms. The lowest BCUT2D eigenvalue weighted by atomic mass is 10.1. The SMILES string of the molecule is NCC(=O)CCCCC(=O)O. The van der Waals surface area contributed by atoms with E-state index in [1.807, 2.05) is 0 Å². The van der Waals surface area contributed by atoms with Crippen LogP contribution in [-0.4, -0.2) is 23.4 Å². The Morgan fingerprint density at radius 2 is 1.73 bits per heavy atom. The third-order valence-electron chi connectivity index (χ3n) is 1.32. The van der Waals surface area contributed by atoms with Crippen molar-refractivity contribution >= 4 is 11.8 Å². The second-order valence-electron chi connectivity index (χ2n) is 2.34. The molecule has 0 aromatic rings. The summed E-state index contributed by atoms with van der Waals surface area (Å²) in [7, 11) is 0. The minimum absolute atomic E-state index is 0.00427. The van der Waals surface area contributed by atoms with E-state index in [0.29, 0.717) is 19.3 Å². The first-order valence-electron chi connectivity index (χ1n) is 3.60. The van der Waals surface area contributed by atoms with E-state index in [1.165, 1.54) is 0 Å². The van der Waals surface area contributed by atoms with Crippen LogP contribution < -0.4 is 5.73 Å². The van der Waals surface area contributed by atoms with Gasteiger partial charge in [-0.05, 0) is 12.8 Å². The highest BCUT2D eigenvalue weighted by Gasteiger charge is 2.00. The molecule has 0 aliphatic heterocycles. The maximum absolute atomic E-state index is 10.6. The fraction of sp³-hybridized carbons (Fsp3) is 0.714. The maximum Gasteiger partial charge on any atom is 0.303 e. The van der Waals surface area contributed by atoms with Crippen molar-refractivity contribution in [2.75, 3.05) is 6.54 Å². The fourth-order valence-corrected chi connectivity index (χ4v) is 0.700. The molecule has 4 nitrogen and oxygen atoms in total. The molecule has 0 aromatic carbocycles. The molecule has 0 heterocycles. The van der Waals surface area contributed by atoms with Gasteiger partial charge in [0.15, 0.2) is 0 Å². The van der Waals surface area contributed by atoms with Crippen molar-refractivity contribution in [1.29, 1.82) is 0 Å². The zero-order chi connectivity index (χ0) is 8.69. The Kier molecular flexibility index (Phi) is 5.37. The highest BCUT2D eigenvalue weighted by molar-refractivity contribution is 5.80. The van der Waals surface area contributed by atoms with Gasteiger partial charge in [0.1, 0.15) is 5.78 Å². The van der Waals surface area contributed by atoms with Crippen molar-refractivity contribution in [1.82, 2.24) is 0 Å². The number of carboxylic acid groups (broad SMARTS) is 1. The summed E-state index contributed by atoms with van der Waals surface area (Å²) in [5.74, 6) is -0.819. The van der Waals surface area contributed by atoms with Crippen LogP contribution in [0.1, 0.15) is 25.7 Å². The second-order valence-corrected chi connectivity index (χ2v) is 2.34. The number of hydrogen-bond donors (Lipinski definition) is 2. The van der Waals surface area contributed by atoms with Gasteiger partial charge in [0.2, 0.25) is 0 Å². The van der Waals surface area contributed by atoms with Crippen molar-refractivity contribution in [2.24, 2.45) is 5.73 Å². The molecule has 3 N–H and O–H groups in total. The number of hydrogen-bond acceptors (Lipinski definition) is 3. The van der Waals surface area contributed by atoms with Crippen molar-refractivity contribution in [3.63, 3.8) is 0 Å². The molecule has 11 heavy (non-hydrogen) atoms. The van der Waals surface area contributed by atoms with Crippen LogP contribution in [0.2, 0.25) is 0 Å². The number of unbranched alkanes of at least 4 members (excludes halogenated alkanes) is 1. The van der Waals surface area contributed by atoms with Gasteiger partial charge in [-0.25, -0.2) is 0 Å². The molecule has 0 radical (unpaired) electrons. The number of carboxylic acids is 1. The van der Waals surface area contributed by atoms with Crippen molar-refractivity contribution in [2.45, 2.75) is 25.7 Å². The highest BCUT2D eigenvalue weighted by atomic mass is 16.4. The lowest BCUT2D eigenvalue weighted by molar-refractivity contribution is -0.137. The standard InChI is InChI=1S/C7H13NO3/c8-5-6(9)3-1-2-4-7(10)11/h1-5,8H2,(H,10,11). The molecule has 0 atom stereocenters. The zero-order valence-electron chi connectivity index (χ0n) is 6.38. The van der Waals surface area contributed by atoms with Crippen LogP contribution in [0.5, 0.6) is 0 Å². The molecule has 4 heteroatoms. The summed E-state index contributed by atoms with van der Waals surface area (Å²) in [6, 6.07) is 0. The van der Waals surface area contributed by atoms with E-state index < -0.39 is 5.97 Å². The van der Waals surface area contributed by atoms with E-state index in [-0.39, 0.29) is 18.7 Å². The van der Waals surface area contributed by atoms with Crippen LogP contribution in [0.4, 0.5) is 0 Å². The summed E-state index contributed by atoms with van der Waals surface area (Å²) >= 11 is 0. The monoisotopic (exact) mass is 159 g/mol. The van der Waals surface area contributed by atoms with Gasteiger partial charge in [0, 0.05) is 12.8 Å². The summed E-state index contributed by atoms with van der Waals surface area (Å²) in [5.41, 5.74) is 5.05. The van der Waals surface area contributed by atoms with Crippen LogP contribution >= 0.6 is 0 Å². The van der Waals surface area contributed by atoms with E-state index >= 15 is 0 Å². The smallest absolute Gasteiger partial charge is 0.303 e. The molecule has 64 valence electrons. The topological polar surface area (TPSA) is 80.4 Å². The number of ketones is 1. The first-order chi connectivity index (χ1) is 5.16. The average Bonchev–Trinajstić information content (AvgIpc) is 1.97. The Morgan fingerprint density at radius 3 is 2.18 bits per heavy atom. The number of carbonyl (C=O) groups excluding carboxylic acids is 1. The zero-order valence-corrected chi connectivity index (χ0v) is 6.38. The van der Waals surface area contributed by atoms with Gasteiger partial charge in [0.05, 0.1) is 6.54 Å². The minimum Gasteiger partial charge on any atom is -0.481 e. The summed E-state index contributed by atoms with van der Waals surface area (Å²) in [5, 5.41) is 8.23. The number of carbonyl (C=O) groups is 2. The molecular formula is C7H13NO3. The summed E-state index contributed by atoms with van der Waals surface area (Å²) in [6.07, 6.45) is 1.73. The van der Waals surface area contributed by atoms with Crippen LogP contribution in [0.25, 0.3) is 0 Å². The minimum atomic E-state index is -0.815. The van der Waals surface area contributed by atoms with E-state index in [0.717, 1.165) is 0 Å². The number of nitrogens with two attached hydrogens (primary N) is 1. The largest absolute Gasteiger partial charge is 0.481 e. The van der Waals surface area contributed by atoms with Gasteiger partial charge >= 0.3 is 5.97 Å². The number of Topliss-reactive ketones (excluding diaryl/α,β-unsaturated/α-hetero) is 1. The normalized spacial score (nSPS) is 9.55. The van der Waals surface area contributed by atoms with Crippen LogP contribution in [0.15, 0.2) is 0 Å². The number of rotatable bonds is 6. The van der Waals surface area contributed by atoms with Crippen LogP contribution in [0, 0.1) is 0 Å². The predicted octanol–water partition coefficient (Wildman–Crippen LogP) is 0.159. The van der Waals surface area contributed by atoms with E-state index in [2.05, 4.69) is 0 Å². The van der Waals surface area contributed by atoms with E-state index in [9.17, 15) is 9.59 Å². The Balaban J connectivity index is 3.14. The number of aliphatic carboxylic acids is 1. The van der Waals surface area contributed by atoms with Gasteiger partial charge in [-0.15, -0.1) is 0 Å². The quantitative estimate of drug-likeness (QED) is 0.541. The Morgan fingerprint density at radius 1 is 1.18 bits per heavy atom. The summed E-state index contributed by atoms with van der Waals surface area (Å²) in [4.78, 5) is 20.6. The Bertz CT molecular complexity index is 145. The molecule has 0 amide bonds. The van der Waals surface area contributed by atoms with Gasteiger partial charge < -0.3 is 10.8 Å². The van der Waals surface area contributed by atoms with Crippen molar-refractivity contribution in [3.05, 3.63) is 0 Å². The molecule has 0 aromatic heterocycles. The van der Waals surface area contributed by atoms with E-state index in [4.69, 9.17) is 10.8 Å². The van der Waals surface area contributed by atoms with E-state index in [1.54, 1.807) is 0 Å². The van der Waals surface area contributed by atoms with Crippen LogP contribution in [-0.2, 0) is 9.59 Å². The molecule has 0 aliphatic rings. The fourth-order valence-electron chi connectivity index (χ4n) is 0.700. The molecule has 0 saturated heterocycles. The second kappa shape index (κ2) is 5.85. The molecule has 0 aliphatic carbocycles. The predicted molar refractivity (Wildman–Crippen MR) is 40.2 cm³/mol. The highest BCUT2D eigenvalue weighted by Crippen LogP contribution is 1.99. The maximum atomic E-state index is 10.6. The third-order valence-corrected chi connectivity index (χ3v) is 1.32. The summed E-state index contributed by atoms with van der Waals surface area (Å²) in [6.45, 7) is 0.0626. The third kappa shape index (κ3) is 6.99. The summed E-state index contributed by atoms with van der Waals surface area (Å²) < 4.78 is 0.